The molecule has 2 heterocycles. The van der Waals surface area contributed by atoms with Gasteiger partial charge in [0.15, 0.2) is 11.5 Å². The molecule has 2 amide bonds. The fourth-order valence-electron chi connectivity index (χ4n) is 6.39. The number of aliphatic hydroxyl groups excluding tert-OH is 1. The number of likely N-dealkylation sites (tertiary alicyclic amines) is 1. The number of hydrogen-bond donors (Lipinski definition) is 5. The lowest BCUT2D eigenvalue weighted by Crippen LogP contribution is -2.53. The Kier molecular flexibility index (Phi) is 15.1. The zero-order chi connectivity index (χ0) is 38.7. The molecule has 1 aliphatic carbocycles. The van der Waals surface area contributed by atoms with Crippen molar-refractivity contribution in [1.82, 2.24) is 15.2 Å². The molecule has 3 atom stereocenters. The molecule has 14 nitrogen and oxygen atoms in total. The Labute approximate surface area is 317 Å². The number of nitrogens with zero attached hydrogens (tertiary/aromatic N) is 3. The molecule has 3 aliphatic rings. The maximum absolute atomic E-state index is 13.7. The van der Waals surface area contributed by atoms with Gasteiger partial charge in [-0.2, -0.15) is 5.10 Å². The van der Waals surface area contributed by atoms with Crippen LogP contribution in [0.15, 0.2) is 59.7 Å². The molecule has 5 rings (SSSR count). The minimum Gasteiger partial charge on any atom is -0.490 e. The van der Waals surface area contributed by atoms with Crippen molar-refractivity contribution in [3.8, 4) is 11.5 Å². The van der Waals surface area contributed by atoms with Crippen LogP contribution in [0.3, 0.4) is 0 Å². The number of nitrogens with two attached hydrogens (primary N) is 1. The van der Waals surface area contributed by atoms with Gasteiger partial charge in [-0.05, 0) is 75.4 Å². The van der Waals surface area contributed by atoms with E-state index in [0.29, 0.717) is 74.8 Å². The van der Waals surface area contributed by atoms with E-state index in [1.165, 1.54) is 0 Å². The average molecular weight is 775 g/mol. The molecule has 0 bridgehead atoms. The van der Waals surface area contributed by atoms with Crippen LogP contribution in [0.2, 0.25) is 10.0 Å². The highest BCUT2D eigenvalue weighted by molar-refractivity contribution is 6.38. The standard InChI is InChI=1S/C33H41Cl2N5O5.C4H4O4/c1-3-44-28-10-9-20(17-29(28)45-4-2)32-23-7-5-6-8-24(23)33(43)40(38-32)22-11-13-39(14-12-22)30(42)19-37-18-27(41)21-15-25(34)31(36)26(35)16-21;5-3(6)1-2-4(7)8/h5-6,9-10,15-17,22-24,27,37,41H,3-4,7-8,11-14,18-19,36H2,1-2H3;1-2H,(H,5,6)(H,7,8)/t23-,24+,27?;/m0./s1. The molecule has 1 fully saturated rings. The van der Waals surface area contributed by atoms with Gasteiger partial charge in [-0.3, -0.25) is 9.59 Å². The van der Waals surface area contributed by atoms with Gasteiger partial charge in [-0.25, -0.2) is 14.6 Å². The first-order valence-corrected chi connectivity index (χ1v) is 18.1. The van der Waals surface area contributed by atoms with E-state index in [2.05, 4.69) is 17.5 Å². The van der Waals surface area contributed by atoms with Gasteiger partial charge in [-0.1, -0.05) is 35.4 Å². The van der Waals surface area contributed by atoms with Crippen LogP contribution in [0.1, 0.15) is 56.8 Å². The number of carbonyl (C=O) groups excluding carboxylic acids is 2. The summed E-state index contributed by atoms with van der Waals surface area (Å²) in [6.45, 7) is 6.15. The molecule has 286 valence electrons. The number of halogens is 2. The first kappa shape index (κ1) is 41.1. The fourth-order valence-corrected chi connectivity index (χ4v) is 6.89. The lowest BCUT2D eigenvalue weighted by Gasteiger charge is -2.42. The second-order valence-electron chi connectivity index (χ2n) is 12.5. The van der Waals surface area contributed by atoms with Crippen molar-refractivity contribution in [2.24, 2.45) is 16.9 Å². The van der Waals surface area contributed by atoms with Crippen molar-refractivity contribution in [2.45, 2.75) is 51.7 Å². The average Bonchev–Trinajstić information content (AvgIpc) is 3.14. The highest BCUT2D eigenvalue weighted by atomic mass is 35.5. The largest absolute Gasteiger partial charge is 0.490 e. The number of benzene rings is 2. The molecule has 2 aromatic rings. The quantitative estimate of drug-likeness (QED) is 0.109. The third-order valence-electron chi connectivity index (χ3n) is 9.01. The molecule has 0 aromatic heterocycles. The highest BCUT2D eigenvalue weighted by Crippen LogP contribution is 2.38. The Bertz CT molecular complexity index is 1700. The lowest BCUT2D eigenvalue weighted by atomic mass is 9.76. The van der Waals surface area contributed by atoms with Gasteiger partial charge in [0.25, 0.3) is 0 Å². The van der Waals surface area contributed by atoms with Crippen LogP contribution in [0.25, 0.3) is 0 Å². The molecule has 0 radical (unpaired) electrons. The van der Waals surface area contributed by atoms with Crippen molar-refractivity contribution in [3.63, 3.8) is 0 Å². The zero-order valence-electron chi connectivity index (χ0n) is 29.5. The summed E-state index contributed by atoms with van der Waals surface area (Å²) in [5.74, 6) is -1.36. The third kappa shape index (κ3) is 10.9. The molecule has 16 heteroatoms. The molecule has 53 heavy (non-hydrogen) atoms. The van der Waals surface area contributed by atoms with E-state index in [-0.39, 0.29) is 58.5 Å². The van der Waals surface area contributed by atoms with Crippen molar-refractivity contribution in [2.75, 3.05) is 45.1 Å². The van der Waals surface area contributed by atoms with Gasteiger partial charge in [0.2, 0.25) is 11.8 Å². The molecule has 2 aromatic carbocycles. The predicted octanol–water partition coefficient (Wildman–Crippen LogP) is 4.53. The first-order chi connectivity index (χ1) is 25.3. The maximum Gasteiger partial charge on any atom is 0.328 e. The van der Waals surface area contributed by atoms with E-state index < -0.39 is 18.0 Å². The first-order valence-electron chi connectivity index (χ1n) is 17.4. The smallest absolute Gasteiger partial charge is 0.328 e. The van der Waals surface area contributed by atoms with Crippen LogP contribution < -0.4 is 20.5 Å². The number of hydrogen-bond acceptors (Lipinski definition) is 10. The summed E-state index contributed by atoms with van der Waals surface area (Å²) in [4.78, 5) is 47.6. The number of allylic oxidation sites excluding steroid dienone is 2. The van der Waals surface area contributed by atoms with Crippen LogP contribution in [-0.4, -0.2) is 100 Å². The molecule has 0 saturated carbocycles. The second kappa shape index (κ2) is 19.4. The fraction of sp³-hybridized carbons (Fsp3) is 0.432. The second-order valence-corrected chi connectivity index (χ2v) is 13.3. The highest BCUT2D eigenvalue weighted by Gasteiger charge is 2.43. The zero-order valence-corrected chi connectivity index (χ0v) is 31.1. The molecular formula is C37H45Cl2N5O9. The van der Waals surface area contributed by atoms with E-state index in [0.717, 1.165) is 17.7 Å². The number of fused-ring (bicyclic) bond motifs is 1. The van der Waals surface area contributed by atoms with Crippen LogP contribution in [0.5, 0.6) is 11.5 Å². The number of aliphatic carboxylic acids is 2. The van der Waals surface area contributed by atoms with Gasteiger partial charge in [-0.15, -0.1) is 0 Å². The minimum atomic E-state index is -1.26. The minimum absolute atomic E-state index is 0.00504. The summed E-state index contributed by atoms with van der Waals surface area (Å²) >= 11 is 12.2. The summed E-state index contributed by atoms with van der Waals surface area (Å²) in [6.07, 6.45) is 7.12. The van der Waals surface area contributed by atoms with Crippen molar-refractivity contribution >= 4 is 58.4 Å². The summed E-state index contributed by atoms with van der Waals surface area (Å²) in [5.41, 5.74) is 8.37. The Balaban J connectivity index is 0.000000703. The number of nitrogens with one attached hydrogen (secondary N) is 1. The summed E-state index contributed by atoms with van der Waals surface area (Å²) in [7, 11) is 0. The number of carboxylic acids is 2. The number of nitrogen functional groups attached to an aromatic ring is 1. The number of hydrazone groups is 1. The number of carboxylic acid groups (broad SMARTS) is 2. The van der Waals surface area contributed by atoms with E-state index in [4.69, 9.17) is 53.7 Å². The van der Waals surface area contributed by atoms with E-state index in [9.17, 15) is 24.3 Å². The molecule has 0 spiro atoms. The number of aliphatic hydroxyl groups is 1. The molecule has 1 unspecified atom stereocenters. The van der Waals surface area contributed by atoms with Crippen molar-refractivity contribution < 1.29 is 44.0 Å². The Morgan fingerprint density at radius 1 is 0.962 bits per heavy atom. The number of ether oxygens (including phenoxy) is 2. The Hall–Kier alpha value is -4.63. The maximum atomic E-state index is 13.7. The van der Waals surface area contributed by atoms with Crippen molar-refractivity contribution in [1.29, 1.82) is 0 Å². The number of anilines is 1. The number of rotatable bonds is 13. The van der Waals surface area contributed by atoms with Crippen LogP contribution in [0, 0.1) is 11.8 Å². The monoisotopic (exact) mass is 773 g/mol. The molecule has 2 aliphatic heterocycles. The molecular weight excluding hydrogens is 729 g/mol. The number of carbonyl (C=O) groups is 4. The summed E-state index contributed by atoms with van der Waals surface area (Å²) < 4.78 is 11.7. The summed E-state index contributed by atoms with van der Waals surface area (Å²) in [6, 6.07) is 8.91. The van der Waals surface area contributed by atoms with Crippen LogP contribution in [0.4, 0.5) is 5.69 Å². The molecule has 1 saturated heterocycles. The van der Waals surface area contributed by atoms with Gasteiger partial charge >= 0.3 is 11.9 Å². The Morgan fingerprint density at radius 2 is 1.55 bits per heavy atom. The van der Waals surface area contributed by atoms with Crippen LogP contribution >= 0.6 is 23.2 Å². The topological polar surface area (TPSA) is 204 Å². The Morgan fingerprint density at radius 3 is 2.13 bits per heavy atom. The van der Waals surface area contributed by atoms with E-state index in [1.807, 2.05) is 32.0 Å². The number of piperidine rings is 1. The normalized spacial score (nSPS) is 19.2. The lowest BCUT2D eigenvalue weighted by molar-refractivity contribution is -0.142. The van der Waals surface area contributed by atoms with Crippen molar-refractivity contribution in [3.05, 3.63) is 75.8 Å². The summed E-state index contributed by atoms with van der Waals surface area (Å²) in [5, 5.41) is 36.4. The SMILES string of the molecule is CCOc1ccc(C2=NN(C3CCN(C(=O)CNCC(O)c4cc(Cl)c(N)c(Cl)c4)CC3)C(=O)[C@@H]3CC=CC[C@H]23)cc1OCC.O=C(O)C=CC(=O)O. The number of amides is 2. The third-order valence-corrected chi connectivity index (χ3v) is 9.64. The van der Waals surface area contributed by atoms with Gasteiger partial charge < -0.3 is 40.7 Å². The van der Waals surface area contributed by atoms with E-state index >= 15 is 0 Å². The van der Waals surface area contributed by atoms with Gasteiger partial charge in [0.05, 0.1) is 59.3 Å². The van der Waals surface area contributed by atoms with Gasteiger partial charge in [0, 0.05) is 43.3 Å². The van der Waals surface area contributed by atoms with Crippen LogP contribution in [-0.2, 0) is 19.2 Å². The van der Waals surface area contributed by atoms with E-state index in [1.54, 1.807) is 22.0 Å². The predicted molar refractivity (Wildman–Crippen MR) is 200 cm³/mol. The molecule has 6 N–H and O–H groups in total. The van der Waals surface area contributed by atoms with Gasteiger partial charge in [0.1, 0.15) is 0 Å².